The van der Waals surface area contributed by atoms with Gasteiger partial charge in [0.25, 0.3) is 0 Å². The number of likely N-dealkylation sites (N-methyl/N-ethyl adjacent to an activating group) is 1. The molecule has 2 rings (SSSR count). The maximum Gasteiger partial charge on any atom is 0.361 e. The van der Waals surface area contributed by atoms with Crippen LogP contribution in [0.2, 0.25) is 0 Å². The van der Waals surface area contributed by atoms with E-state index in [1.807, 2.05) is 7.05 Å². The minimum Gasteiger partial charge on any atom is -0.493 e. The molecule has 1 aliphatic heterocycles. The fourth-order valence-electron chi connectivity index (χ4n) is 2.59. The van der Waals surface area contributed by atoms with E-state index >= 15 is 0 Å². The number of carbonyl (C=O) groups excluding carboxylic acids is 1. The van der Waals surface area contributed by atoms with Crippen LogP contribution in [0.1, 0.15) is 20.8 Å². The summed E-state index contributed by atoms with van der Waals surface area (Å²) >= 11 is 0. The Morgan fingerprint density at radius 2 is 1.90 bits per heavy atom. The molecule has 116 valence electrons. The van der Waals surface area contributed by atoms with Crippen molar-refractivity contribution in [2.45, 2.75) is 19.8 Å². The lowest BCUT2D eigenvalue weighted by Gasteiger charge is -2.38. The molecule has 1 heterocycles. The van der Waals surface area contributed by atoms with Crippen LogP contribution in [0.15, 0.2) is 12.1 Å². The molecule has 0 fully saturated rings. The van der Waals surface area contributed by atoms with E-state index in [4.69, 9.17) is 17.0 Å². The first kappa shape index (κ1) is 13.0. The molecule has 1 atom stereocenters. The molecule has 0 aromatic heterocycles. The van der Waals surface area contributed by atoms with Crippen LogP contribution >= 0.6 is 0 Å². The number of esters is 1. The second-order valence-electron chi connectivity index (χ2n) is 5.44. The van der Waals surface area contributed by atoms with Crippen LogP contribution in [-0.2, 0) is 22.4 Å². The summed E-state index contributed by atoms with van der Waals surface area (Å²) in [5, 5.41) is 0. The van der Waals surface area contributed by atoms with Crippen LogP contribution in [0, 0.1) is 0 Å². The van der Waals surface area contributed by atoms with Gasteiger partial charge >= 0.3 is 5.97 Å². The summed E-state index contributed by atoms with van der Waals surface area (Å²) in [5.41, 5.74) is 1.42. The third kappa shape index (κ3) is 3.47. The molecule has 0 radical (unpaired) electrons. The molecule has 0 N–H and O–H groups in total. The standard InChI is InChI=1S/C16H24NO4/c1-5-21-16(18)11-17(2)7-6-12-8-14(19-3)15(20-4)9-13(12)10-17/h8-9H,5-7,10-11H2,1-4H3/q+1/i6D2. The molecule has 0 spiro atoms. The van der Waals surface area contributed by atoms with Crippen molar-refractivity contribution < 1.29 is 26.2 Å². The highest BCUT2D eigenvalue weighted by Crippen LogP contribution is 2.34. The highest BCUT2D eigenvalue weighted by molar-refractivity contribution is 5.70. The number of fused-ring (bicyclic) bond motifs is 1. The van der Waals surface area contributed by atoms with E-state index in [1.54, 1.807) is 26.2 Å². The van der Waals surface area contributed by atoms with Crippen LogP contribution < -0.4 is 9.47 Å². The smallest absolute Gasteiger partial charge is 0.361 e. The molecule has 0 aliphatic carbocycles. The Morgan fingerprint density at radius 3 is 2.48 bits per heavy atom. The van der Waals surface area contributed by atoms with Crippen molar-refractivity contribution in [3.8, 4) is 11.5 Å². The summed E-state index contributed by atoms with van der Waals surface area (Å²) in [6.07, 6.45) is -1.56. The number of methoxy groups -OCH3 is 2. The number of carbonyl (C=O) groups is 1. The Morgan fingerprint density at radius 1 is 1.29 bits per heavy atom. The molecule has 21 heavy (non-hydrogen) atoms. The van der Waals surface area contributed by atoms with E-state index in [0.29, 0.717) is 30.2 Å². The first-order chi connectivity index (χ1) is 10.7. The lowest BCUT2D eigenvalue weighted by Crippen LogP contribution is -2.50. The van der Waals surface area contributed by atoms with Gasteiger partial charge in [-0.1, -0.05) is 0 Å². The average molecular weight is 296 g/mol. The van der Waals surface area contributed by atoms with E-state index in [9.17, 15) is 4.79 Å². The monoisotopic (exact) mass is 296 g/mol. The number of quaternary nitrogens is 1. The molecule has 1 unspecified atom stereocenters. The summed E-state index contributed by atoms with van der Waals surface area (Å²) in [7, 11) is 4.95. The molecule has 1 aromatic carbocycles. The van der Waals surface area contributed by atoms with Gasteiger partial charge in [0.2, 0.25) is 0 Å². The van der Waals surface area contributed by atoms with Crippen LogP contribution in [-0.4, -0.2) is 51.4 Å². The molecule has 5 heteroatoms. The Labute approximate surface area is 128 Å². The normalized spacial score (nSPS) is 24.4. The molecular weight excluding hydrogens is 270 g/mol. The molecule has 1 aromatic rings. The van der Waals surface area contributed by atoms with Crippen molar-refractivity contribution in [2.24, 2.45) is 0 Å². The van der Waals surface area contributed by atoms with Crippen molar-refractivity contribution in [3.05, 3.63) is 23.3 Å². The molecule has 0 saturated carbocycles. The van der Waals surface area contributed by atoms with Crippen LogP contribution in [0.3, 0.4) is 0 Å². The molecule has 0 saturated heterocycles. The Bertz CT molecular complexity index is 606. The summed E-state index contributed by atoms with van der Waals surface area (Å²) in [6.45, 7) is 2.97. The lowest BCUT2D eigenvalue weighted by molar-refractivity contribution is -0.917. The second-order valence-corrected chi connectivity index (χ2v) is 5.44. The molecular formula is C16H24NO4+. The van der Waals surface area contributed by atoms with Gasteiger partial charge in [0.1, 0.15) is 6.54 Å². The Hall–Kier alpha value is -1.75. The van der Waals surface area contributed by atoms with Crippen molar-refractivity contribution in [1.82, 2.24) is 0 Å². The first-order valence-corrected chi connectivity index (χ1v) is 6.99. The summed E-state index contributed by atoms with van der Waals surface area (Å²) in [6, 6.07) is 3.49. The number of benzene rings is 1. The summed E-state index contributed by atoms with van der Waals surface area (Å²) in [5.74, 6) is 0.762. The Kier molecular flexibility index (Phi) is 3.91. The number of hydrogen-bond acceptors (Lipinski definition) is 4. The van der Waals surface area contributed by atoms with E-state index < -0.39 is 6.37 Å². The lowest BCUT2D eigenvalue weighted by atomic mass is 9.97. The zero-order chi connectivity index (χ0) is 17.3. The van der Waals surface area contributed by atoms with Crippen molar-refractivity contribution in [1.29, 1.82) is 0 Å². The fourth-order valence-corrected chi connectivity index (χ4v) is 2.59. The average Bonchev–Trinajstić information content (AvgIpc) is 2.44. The van der Waals surface area contributed by atoms with Gasteiger partial charge in [0.15, 0.2) is 18.0 Å². The molecule has 0 bridgehead atoms. The quantitative estimate of drug-likeness (QED) is 0.613. The van der Waals surface area contributed by atoms with Crippen molar-refractivity contribution >= 4 is 5.97 Å². The van der Waals surface area contributed by atoms with Crippen molar-refractivity contribution in [2.75, 3.05) is 41.0 Å². The molecule has 5 nitrogen and oxygen atoms in total. The molecule has 1 aliphatic rings. The van der Waals surface area contributed by atoms with Crippen LogP contribution in [0.5, 0.6) is 11.5 Å². The third-order valence-corrected chi connectivity index (χ3v) is 3.63. The predicted molar refractivity (Wildman–Crippen MR) is 79.5 cm³/mol. The van der Waals surface area contributed by atoms with Crippen molar-refractivity contribution in [3.63, 3.8) is 0 Å². The number of hydrogen-bond donors (Lipinski definition) is 0. The minimum absolute atomic E-state index is 0.140. The number of nitrogens with zero attached hydrogens (tertiary/aromatic N) is 1. The van der Waals surface area contributed by atoms with Crippen LogP contribution in [0.4, 0.5) is 0 Å². The number of ether oxygens (including phenoxy) is 3. The summed E-state index contributed by atoms with van der Waals surface area (Å²) < 4.78 is 32.7. The van der Waals surface area contributed by atoms with Gasteiger partial charge in [-0.2, -0.15) is 0 Å². The zero-order valence-corrected chi connectivity index (χ0v) is 13.1. The maximum absolute atomic E-state index is 11.9. The zero-order valence-electron chi connectivity index (χ0n) is 15.1. The van der Waals surface area contributed by atoms with E-state index in [2.05, 4.69) is 0 Å². The van der Waals surface area contributed by atoms with Gasteiger partial charge in [-0.05, 0) is 24.6 Å². The summed E-state index contributed by atoms with van der Waals surface area (Å²) in [4.78, 5) is 11.9. The van der Waals surface area contributed by atoms with Gasteiger partial charge in [0, 0.05) is 14.7 Å². The Balaban J connectivity index is 2.40. The molecule has 0 amide bonds. The van der Waals surface area contributed by atoms with Gasteiger partial charge in [-0.15, -0.1) is 0 Å². The maximum atomic E-state index is 11.9. The fraction of sp³-hybridized carbons (Fsp3) is 0.562. The predicted octanol–water partition coefficient (Wildman–Crippen LogP) is 1.77. The number of rotatable bonds is 5. The minimum atomic E-state index is -1.56. The van der Waals surface area contributed by atoms with E-state index in [1.165, 1.54) is 7.11 Å². The van der Waals surface area contributed by atoms with Gasteiger partial charge < -0.3 is 18.7 Å². The van der Waals surface area contributed by atoms with E-state index in [-0.39, 0.29) is 23.5 Å². The largest absolute Gasteiger partial charge is 0.493 e. The third-order valence-electron chi connectivity index (χ3n) is 3.63. The van der Waals surface area contributed by atoms with E-state index in [0.717, 1.165) is 5.56 Å². The van der Waals surface area contributed by atoms with Gasteiger partial charge in [-0.3, -0.25) is 0 Å². The topological polar surface area (TPSA) is 44.8 Å². The van der Waals surface area contributed by atoms with Crippen LogP contribution in [0.25, 0.3) is 0 Å². The van der Waals surface area contributed by atoms with Gasteiger partial charge in [-0.25, -0.2) is 4.79 Å². The van der Waals surface area contributed by atoms with Gasteiger partial charge in [0.05, 0.1) is 34.4 Å². The SMILES string of the molecule is [2H]C1([2H])C[N+](C)(CC(=O)OCC)Cc2cc(OC)c(OC)cc21. The second kappa shape index (κ2) is 6.35. The highest BCUT2D eigenvalue weighted by atomic mass is 16.5. The first-order valence-electron chi connectivity index (χ1n) is 7.99. The highest BCUT2D eigenvalue weighted by Gasteiger charge is 2.32.